The Morgan fingerprint density at radius 1 is 1.47 bits per heavy atom. The molecule has 0 saturated heterocycles. The lowest BCUT2D eigenvalue weighted by Gasteiger charge is -1.99. The predicted octanol–water partition coefficient (Wildman–Crippen LogP) is 1.06. The number of hydrogen-bond donors (Lipinski definition) is 1. The molecule has 1 aromatic carbocycles. The second-order valence-corrected chi connectivity index (χ2v) is 4.66. The fraction of sp³-hybridized carbons (Fsp3) is 0.167. The summed E-state index contributed by atoms with van der Waals surface area (Å²) in [6, 6.07) is 9.56. The number of nitrogens with zero attached hydrogens (tertiary/aromatic N) is 4. The second-order valence-electron chi connectivity index (χ2n) is 3.72. The van der Waals surface area contributed by atoms with Gasteiger partial charge in [0.05, 0.1) is 12.0 Å². The molecule has 6 nitrogen and oxygen atoms in total. The molecule has 0 fully saturated rings. The van der Waals surface area contributed by atoms with E-state index in [-0.39, 0.29) is 11.7 Å². The van der Waals surface area contributed by atoms with E-state index >= 15 is 0 Å². The van der Waals surface area contributed by atoms with Crippen molar-refractivity contribution in [2.45, 2.75) is 5.16 Å². The van der Waals surface area contributed by atoms with Gasteiger partial charge in [-0.3, -0.25) is 4.79 Å². The lowest BCUT2D eigenvalue weighted by Crippen LogP contribution is -2.19. The van der Waals surface area contributed by atoms with Crippen molar-refractivity contribution in [1.29, 1.82) is 0 Å². The summed E-state index contributed by atoms with van der Waals surface area (Å²) in [6.45, 7) is 0. The molecule has 1 N–H and O–H groups in total. The number of aryl methyl sites for hydroxylation is 1. The van der Waals surface area contributed by atoms with Gasteiger partial charge in [0.1, 0.15) is 6.33 Å². The summed E-state index contributed by atoms with van der Waals surface area (Å²) in [5.74, 6) is 0.0683. The maximum Gasteiger partial charge on any atom is 0.250 e. The van der Waals surface area contributed by atoms with Gasteiger partial charge < -0.3 is 4.57 Å². The first-order valence-electron chi connectivity index (χ1n) is 5.59. The second kappa shape index (κ2) is 6.69. The molecule has 1 aromatic heterocycles. The summed E-state index contributed by atoms with van der Waals surface area (Å²) >= 11 is 1.31. The molecule has 2 rings (SSSR count). The van der Waals surface area contributed by atoms with Crippen LogP contribution < -0.4 is 5.43 Å². The van der Waals surface area contributed by atoms with E-state index in [0.29, 0.717) is 5.16 Å². The minimum atomic E-state index is -0.180. The van der Waals surface area contributed by atoms with Crippen molar-refractivity contribution < 1.29 is 4.79 Å². The van der Waals surface area contributed by atoms with E-state index in [4.69, 9.17) is 0 Å². The number of carbonyl (C=O) groups excluding carboxylic acids is 1. The molecule has 0 aliphatic rings. The molecule has 0 saturated carbocycles. The average Bonchev–Trinajstić information content (AvgIpc) is 2.83. The van der Waals surface area contributed by atoms with E-state index in [9.17, 15) is 4.79 Å². The van der Waals surface area contributed by atoms with Crippen molar-refractivity contribution in [3.8, 4) is 0 Å². The van der Waals surface area contributed by atoms with Crippen LogP contribution in [0.5, 0.6) is 0 Å². The van der Waals surface area contributed by atoms with Crippen LogP contribution in [0.1, 0.15) is 5.56 Å². The molecule has 98 valence electrons. The highest BCUT2D eigenvalue weighted by molar-refractivity contribution is 7.99. The molecule has 19 heavy (non-hydrogen) atoms. The molecule has 0 spiro atoms. The van der Waals surface area contributed by atoms with Gasteiger partial charge in [-0.2, -0.15) is 5.10 Å². The smallest absolute Gasteiger partial charge is 0.250 e. The molecule has 0 aliphatic carbocycles. The van der Waals surface area contributed by atoms with E-state index in [1.807, 2.05) is 37.4 Å². The van der Waals surface area contributed by atoms with E-state index < -0.39 is 0 Å². The zero-order valence-corrected chi connectivity index (χ0v) is 11.2. The van der Waals surface area contributed by atoms with Gasteiger partial charge in [-0.25, -0.2) is 5.43 Å². The van der Waals surface area contributed by atoms with Gasteiger partial charge in [0.2, 0.25) is 0 Å². The zero-order valence-electron chi connectivity index (χ0n) is 10.4. The van der Waals surface area contributed by atoms with Crippen molar-refractivity contribution in [3.63, 3.8) is 0 Å². The van der Waals surface area contributed by atoms with Crippen molar-refractivity contribution in [2.24, 2.45) is 12.1 Å². The minimum absolute atomic E-state index is 0.180. The zero-order chi connectivity index (χ0) is 13.5. The summed E-state index contributed by atoms with van der Waals surface area (Å²) in [7, 11) is 1.83. The third-order valence-electron chi connectivity index (χ3n) is 2.20. The van der Waals surface area contributed by atoms with Gasteiger partial charge in [-0.05, 0) is 5.56 Å². The fourth-order valence-electron chi connectivity index (χ4n) is 1.28. The summed E-state index contributed by atoms with van der Waals surface area (Å²) in [6.07, 6.45) is 3.19. The Balaban J connectivity index is 1.76. The van der Waals surface area contributed by atoms with E-state index in [2.05, 4.69) is 20.7 Å². The molecule has 1 amide bonds. The third kappa shape index (κ3) is 4.22. The Kier molecular flexibility index (Phi) is 4.68. The number of aromatic nitrogens is 3. The highest BCUT2D eigenvalue weighted by Crippen LogP contribution is 2.12. The Labute approximate surface area is 114 Å². The molecule has 7 heteroatoms. The van der Waals surface area contributed by atoms with Crippen molar-refractivity contribution in [2.75, 3.05) is 5.75 Å². The molecule has 2 aromatic rings. The van der Waals surface area contributed by atoms with Crippen LogP contribution in [0.15, 0.2) is 46.9 Å². The highest BCUT2D eigenvalue weighted by atomic mass is 32.2. The quantitative estimate of drug-likeness (QED) is 0.503. The summed E-state index contributed by atoms with van der Waals surface area (Å²) in [5.41, 5.74) is 3.40. The number of carbonyl (C=O) groups is 1. The van der Waals surface area contributed by atoms with Gasteiger partial charge in [-0.15, -0.1) is 10.2 Å². The van der Waals surface area contributed by atoms with Crippen LogP contribution >= 0.6 is 11.8 Å². The van der Waals surface area contributed by atoms with E-state index in [1.165, 1.54) is 11.8 Å². The van der Waals surface area contributed by atoms with Crippen molar-refractivity contribution >= 4 is 23.9 Å². The number of amides is 1. The van der Waals surface area contributed by atoms with Gasteiger partial charge >= 0.3 is 0 Å². The molecule has 0 aliphatic heterocycles. The molecular weight excluding hydrogens is 262 g/mol. The van der Waals surface area contributed by atoms with Crippen LogP contribution in [0.3, 0.4) is 0 Å². The maximum absolute atomic E-state index is 11.5. The van der Waals surface area contributed by atoms with Gasteiger partial charge in [0.25, 0.3) is 5.91 Å². The molecule has 0 radical (unpaired) electrons. The molecule has 0 atom stereocenters. The lowest BCUT2D eigenvalue weighted by molar-refractivity contribution is -0.118. The van der Waals surface area contributed by atoms with Crippen molar-refractivity contribution in [1.82, 2.24) is 20.2 Å². The van der Waals surface area contributed by atoms with Gasteiger partial charge in [-0.1, -0.05) is 42.1 Å². The van der Waals surface area contributed by atoms with Crippen LogP contribution in [0.4, 0.5) is 0 Å². The summed E-state index contributed by atoms with van der Waals surface area (Å²) < 4.78 is 1.76. The Morgan fingerprint density at radius 2 is 2.26 bits per heavy atom. The monoisotopic (exact) mass is 275 g/mol. The van der Waals surface area contributed by atoms with Crippen LogP contribution in [-0.2, 0) is 11.8 Å². The number of thioether (sulfide) groups is 1. The lowest BCUT2D eigenvalue weighted by atomic mass is 10.2. The minimum Gasteiger partial charge on any atom is -0.312 e. The van der Waals surface area contributed by atoms with Crippen LogP contribution in [-0.4, -0.2) is 32.6 Å². The number of hydrogen-bond acceptors (Lipinski definition) is 5. The Morgan fingerprint density at radius 3 is 2.95 bits per heavy atom. The van der Waals surface area contributed by atoms with Crippen molar-refractivity contribution in [3.05, 3.63) is 42.2 Å². The summed E-state index contributed by atoms with van der Waals surface area (Å²) in [4.78, 5) is 11.5. The Hall–Kier alpha value is -2.15. The largest absolute Gasteiger partial charge is 0.312 e. The first-order valence-corrected chi connectivity index (χ1v) is 6.58. The van der Waals surface area contributed by atoms with Crippen LogP contribution in [0, 0.1) is 0 Å². The predicted molar refractivity (Wildman–Crippen MR) is 73.9 cm³/mol. The van der Waals surface area contributed by atoms with E-state index in [0.717, 1.165) is 5.56 Å². The maximum atomic E-state index is 11.5. The normalized spacial score (nSPS) is 10.8. The first-order chi connectivity index (χ1) is 9.25. The standard InChI is InChI=1S/C12H13N5OS/c1-17-9-14-16-12(17)19-8-11(18)15-13-7-10-5-3-2-4-6-10/h2-7,9H,8H2,1H3,(H,15,18). The van der Waals surface area contributed by atoms with Gasteiger partial charge in [0, 0.05) is 7.05 Å². The number of rotatable bonds is 5. The third-order valence-corrected chi connectivity index (χ3v) is 3.24. The van der Waals surface area contributed by atoms with Crippen LogP contribution in [0.2, 0.25) is 0 Å². The van der Waals surface area contributed by atoms with Crippen LogP contribution in [0.25, 0.3) is 0 Å². The molecule has 0 bridgehead atoms. The fourth-order valence-corrected chi connectivity index (χ4v) is 1.96. The van der Waals surface area contributed by atoms with Gasteiger partial charge in [0.15, 0.2) is 5.16 Å². The number of benzene rings is 1. The number of nitrogens with one attached hydrogen (secondary N) is 1. The topological polar surface area (TPSA) is 72.2 Å². The molecule has 0 unspecified atom stereocenters. The molecular formula is C12H13N5OS. The number of hydrazone groups is 1. The Bertz CT molecular complexity index is 567. The summed E-state index contributed by atoms with van der Waals surface area (Å²) in [5, 5.41) is 12.2. The average molecular weight is 275 g/mol. The SMILES string of the molecule is Cn1cnnc1SCC(=O)NN=Cc1ccccc1. The van der Waals surface area contributed by atoms with E-state index in [1.54, 1.807) is 17.1 Å². The molecule has 1 heterocycles. The highest BCUT2D eigenvalue weighted by Gasteiger charge is 2.05. The first kappa shape index (κ1) is 13.3.